The van der Waals surface area contributed by atoms with Gasteiger partial charge in [-0.15, -0.1) is 0 Å². The highest BCUT2D eigenvalue weighted by Crippen LogP contribution is 2.32. The number of carbonyl (C=O) groups is 2. The van der Waals surface area contributed by atoms with E-state index in [2.05, 4.69) is 13.8 Å². The number of hydrogen-bond donors (Lipinski definition) is 1. The van der Waals surface area contributed by atoms with Crippen molar-refractivity contribution in [3.05, 3.63) is 24.3 Å². The number of benzene rings is 1. The fourth-order valence-corrected chi connectivity index (χ4v) is 3.35. The van der Waals surface area contributed by atoms with Crippen LogP contribution in [-0.4, -0.2) is 49.0 Å². The maximum Gasteiger partial charge on any atom is 0.265 e. The van der Waals surface area contributed by atoms with Crippen LogP contribution in [0.1, 0.15) is 26.7 Å². The van der Waals surface area contributed by atoms with Crippen LogP contribution < -0.4 is 15.4 Å². The minimum atomic E-state index is -0.109. The quantitative estimate of drug-likeness (QED) is 0.908. The molecule has 1 atom stereocenters. The molecule has 0 saturated carbocycles. The van der Waals surface area contributed by atoms with Gasteiger partial charge in [-0.2, -0.15) is 0 Å². The molecule has 6 heteroatoms. The van der Waals surface area contributed by atoms with Gasteiger partial charge in [0.15, 0.2) is 6.61 Å². The van der Waals surface area contributed by atoms with Crippen molar-refractivity contribution in [2.75, 3.05) is 31.1 Å². The molecule has 3 rings (SSSR count). The Morgan fingerprint density at radius 3 is 2.88 bits per heavy atom. The molecular weight excluding hydrogens is 306 g/mol. The van der Waals surface area contributed by atoms with Crippen LogP contribution >= 0.6 is 0 Å². The van der Waals surface area contributed by atoms with Crippen molar-refractivity contribution in [1.29, 1.82) is 0 Å². The third-order valence-electron chi connectivity index (χ3n) is 5.02. The number of fused-ring (bicyclic) bond motifs is 1. The molecule has 24 heavy (non-hydrogen) atoms. The Balaban J connectivity index is 1.63. The number of anilines is 1. The zero-order chi connectivity index (χ0) is 17.3. The molecule has 2 N–H and O–H groups in total. The smallest absolute Gasteiger partial charge is 0.265 e. The molecule has 0 radical (unpaired) electrons. The van der Waals surface area contributed by atoms with Crippen molar-refractivity contribution < 1.29 is 14.3 Å². The van der Waals surface area contributed by atoms with Crippen molar-refractivity contribution in [3.63, 3.8) is 0 Å². The van der Waals surface area contributed by atoms with E-state index >= 15 is 0 Å². The van der Waals surface area contributed by atoms with Gasteiger partial charge in [0, 0.05) is 32.1 Å². The minimum Gasteiger partial charge on any atom is -0.482 e. The normalized spacial score (nSPS) is 22.8. The summed E-state index contributed by atoms with van der Waals surface area (Å²) in [6.45, 7) is 5.95. The molecule has 0 bridgehead atoms. The molecule has 1 aromatic carbocycles. The number of likely N-dealkylation sites (tertiary alicyclic amines) is 1. The first-order valence-corrected chi connectivity index (χ1v) is 8.44. The summed E-state index contributed by atoms with van der Waals surface area (Å²) in [5.74, 6) is 0.656. The van der Waals surface area contributed by atoms with E-state index in [1.165, 1.54) is 0 Å². The van der Waals surface area contributed by atoms with Gasteiger partial charge in [-0.1, -0.05) is 26.0 Å². The fourth-order valence-electron chi connectivity index (χ4n) is 3.35. The standard InChI is InChI=1S/C18H25N3O3/c1-18(2)12-20(9-7-15(18)19)16(22)8-10-21-13-5-3-4-6-14(13)24-11-17(21)23/h3-6,15H,7-12,19H2,1-2H3. The predicted octanol–water partition coefficient (Wildman–Crippen LogP) is 1.39. The summed E-state index contributed by atoms with van der Waals surface area (Å²) in [7, 11) is 0. The lowest BCUT2D eigenvalue weighted by molar-refractivity contribution is -0.134. The van der Waals surface area contributed by atoms with Gasteiger partial charge in [-0.3, -0.25) is 9.59 Å². The molecule has 2 heterocycles. The molecule has 6 nitrogen and oxygen atoms in total. The monoisotopic (exact) mass is 331 g/mol. The van der Waals surface area contributed by atoms with E-state index in [1.807, 2.05) is 29.2 Å². The second-order valence-electron chi connectivity index (χ2n) is 7.25. The number of ether oxygens (including phenoxy) is 1. The van der Waals surface area contributed by atoms with Crippen molar-refractivity contribution >= 4 is 17.5 Å². The van der Waals surface area contributed by atoms with Crippen LogP contribution in [-0.2, 0) is 9.59 Å². The molecule has 0 aliphatic carbocycles. The second kappa shape index (κ2) is 6.43. The van der Waals surface area contributed by atoms with E-state index < -0.39 is 0 Å². The summed E-state index contributed by atoms with van der Waals surface area (Å²) < 4.78 is 5.43. The fraction of sp³-hybridized carbons (Fsp3) is 0.556. The Kier molecular flexibility index (Phi) is 4.49. The van der Waals surface area contributed by atoms with Gasteiger partial charge in [0.25, 0.3) is 5.91 Å². The highest BCUT2D eigenvalue weighted by atomic mass is 16.5. The largest absolute Gasteiger partial charge is 0.482 e. The van der Waals surface area contributed by atoms with Crippen LogP contribution in [0.25, 0.3) is 0 Å². The average Bonchev–Trinajstić information content (AvgIpc) is 2.56. The first-order valence-electron chi connectivity index (χ1n) is 8.44. The molecule has 0 spiro atoms. The Labute approximate surface area is 142 Å². The summed E-state index contributed by atoms with van der Waals surface area (Å²) in [6.07, 6.45) is 1.13. The van der Waals surface area contributed by atoms with Crippen molar-refractivity contribution in [3.8, 4) is 5.75 Å². The van der Waals surface area contributed by atoms with Gasteiger partial charge in [0.1, 0.15) is 5.75 Å². The minimum absolute atomic E-state index is 0.0246. The lowest BCUT2D eigenvalue weighted by atomic mass is 9.79. The van der Waals surface area contributed by atoms with Crippen LogP contribution in [0.3, 0.4) is 0 Å². The second-order valence-corrected chi connectivity index (χ2v) is 7.25. The van der Waals surface area contributed by atoms with E-state index in [-0.39, 0.29) is 29.9 Å². The molecule has 2 amide bonds. The summed E-state index contributed by atoms with van der Waals surface area (Å²) in [4.78, 5) is 28.2. The van der Waals surface area contributed by atoms with E-state index in [0.29, 0.717) is 31.8 Å². The van der Waals surface area contributed by atoms with Crippen LogP contribution in [0.15, 0.2) is 24.3 Å². The zero-order valence-electron chi connectivity index (χ0n) is 14.3. The summed E-state index contributed by atoms with van der Waals surface area (Å²) >= 11 is 0. The van der Waals surface area contributed by atoms with Gasteiger partial charge in [0.2, 0.25) is 5.91 Å². The first-order chi connectivity index (χ1) is 11.4. The zero-order valence-corrected chi connectivity index (χ0v) is 14.3. The lowest BCUT2D eigenvalue weighted by Crippen LogP contribution is -2.54. The Bertz CT molecular complexity index is 644. The van der Waals surface area contributed by atoms with Gasteiger partial charge in [0.05, 0.1) is 5.69 Å². The number of para-hydroxylation sites is 2. The van der Waals surface area contributed by atoms with Crippen molar-refractivity contribution in [2.45, 2.75) is 32.7 Å². The van der Waals surface area contributed by atoms with Gasteiger partial charge in [-0.25, -0.2) is 0 Å². The van der Waals surface area contributed by atoms with E-state index in [9.17, 15) is 9.59 Å². The van der Waals surface area contributed by atoms with Crippen molar-refractivity contribution in [2.24, 2.45) is 11.1 Å². The maximum absolute atomic E-state index is 12.6. The summed E-state index contributed by atoms with van der Waals surface area (Å²) in [5, 5.41) is 0. The van der Waals surface area contributed by atoms with E-state index in [4.69, 9.17) is 10.5 Å². The van der Waals surface area contributed by atoms with Crippen LogP contribution in [0.2, 0.25) is 0 Å². The number of hydrogen-bond acceptors (Lipinski definition) is 4. The van der Waals surface area contributed by atoms with Gasteiger partial charge >= 0.3 is 0 Å². The Hall–Kier alpha value is -2.08. The predicted molar refractivity (Wildman–Crippen MR) is 91.9 cm³/mol. The third kappa shape index (κ3) is 3.24. The molecule has 2 aliphatic rings. The molecule has 1 aromatic rings. The van der Waals surface area contributed by atoms with Crippen LogP contribution in [0.5, 0.6) is 5.75 Å². The highest BCUT2D eigenvalue weighted by Gasteiger charge is 2.35. The number of piperidine rings is 1. The number of carbonyl (C=O) groups excluding carboxylic acids is 2. The van der Waals surface area contributed by atoms with Crippen molar-refractivity contribution in [1.82, 2.24) is 4.90 Å². The van der Waals surface area contributed by atoms with Crippen LogP contribution in [0, 0.1) is 5.41 Å². The maximum atomic E-state index is 12.6. The Morgan fingerprint density at radius 1 is 1.38 bits per heavy atom. The van der Waals surface area contributed by atoms with Gasteiger partial charge in [-0.05, 0) is 24.0 Å². The molecule has 1 fully saturated rings. The average molecular weight is 331 g/mol. The molecule has 2 aliphatic heterocycles. The Morgan fingerprint density at radius 2 is 2.12 bits per heavy atom. The SMILES string of the molecule is CC1(C)CN(C(=O)CCN2C(=O)COc3ccccc32)CCC1N. The highest BCUT2D eigenvalue weighted by molar-refractivity contribution is 5.98. The molecule has 0 aromatic heterocycles. The number of nitrogens with two attached hydrogens (primary N) is 1. The summed E-state index contributed by atoms with van der Waals surface area (Å²) in [5.41, 5.74) is 6.80. The molecule has 130 valence electrons. The molecular formula is C18H25N3O3. The number of rotatable bonds is 3. The third-order valence-corrected chi connectivity index (χ3v) is 5.02. The van der Waals surface area contributed by atoms with Crippen LogP contribution in [0.4, 0.5) is 5.69 Å². The van der Waals surface area contributed by atoms with E-state index in [1.54, 1.807) is 4.90 Å². The number of nitrogens with zero attached hydrogens (tertiary/aromatic N) is 2. The molecule has 1 saturated heterocycles. The first kappa shape index (κ1) is 16.8. The summed E-state index contributed by atoms with van der Waals surface area (Å²) in [6, 6.07) is 7.54. The number of amides is 2. The lowest BCUT2D eigenvalue weighted by Gasteiger charge is -2.42. The van der Waals surface area contributed by atoms with E-state index in [0.717, 1.165) is 12.1 Å². The van der Waals surface area contributed by atoms with Gasteiger partial charge < -0.3 is 20.3 Å². The topological polar surface area (TPSA) is 75.9 Å². The molecule has 1 unspecified atom stereocenters.